The van der Waals surface area contributed by atoms with E-state index in [0.717, 1.165) is 49.8 Å². The summed E-state index contributed by atoms with van der Waals surface area (Å²) in [5.74, 6) is -2.82. The Kier molecular flexibility index (Phi) is 11.2. The summed E-state index contributed by atoms with van der Waals surface area (Å²) in [6.45, 7) is 1.84. The number of nitrogens with zero attached hydrogens (tertiary/aromatic N) is 1. The monoisotopic (exact) mass is 708 g/mol. The van der Waals surface area contributed by atoms with Gasteiger partial charge in [0.25, 0.3) is 0 Å². The highest BCUT2D eigenvalue weighted by Crippen LogP contribution is 2.64. The van der Waals surface area contributed by atoms with Gasteiger partial charge in [-0.05, 0) is 112 Å². The van der Waals surface area contributed by atoms with Crippen LogP contribution in [0.25, 0.3) is 0 Å². The molecule has 0 aromatic carbocycles. The molecule has 272 valence electrons. The van der Waals surface area contributed by atoms with Crippen molar-refractivity contribution in [3.05, 3.63) is 0 Å². The van der Waals surface area contributed by atoms with Crippen molar-refractivity contribution in [3.63, 3.8) is 0 Å². The first-order valence-electron chi connectivity index (χ1n) is 17.1. The molecule has 5 rings (SSSR count). The van der Waals surface area contributed by atoms with Crippen molar-refractivity contribution < 1.29 is 54.0 Å². The quantitative estimate of drug-likeness (QED) is 0.251. The number of fused-ring (bicyclic) bond motifs is 5. The number of hydrogen-bond acceptors (Lipinski definition) is 5. The molecule has 2 N–H and O–H groups in total. The summed E-state index contributed by atoms with van der Waals surface area (Å²) in [6, 6.07) is -1.79. The first-order valence-corrected chi connectivity index (χ1v) is 18.6. The van der Waals surface area contributed by atoms with Crippen LogP contribution in [0, 0.1) is 40.9 Å². The highest BCUT2D eigenvalue weighted by molar-refractivity contribution is 7.84. The number of alkyl halides is 8. The Hall–Kier alpha value is -1.22. The number of aliphatic hydroxyl groups excluding tert-OH is 1. The third-order valence-corrected chi connectivity index (χ3v) is 13.8. The molecule has 15 heteroatoms. The Bertz CT molecular complexity index is 1130. The molecule has 0 aromatic rings. The van der Waals surface area contributed by atoms with Gasteiger partial charge in [-0.3, -0.25) is 4.21 Å². The first-order chi connectivity index (χ1) is 21.9. The van der Waals surface area contributed by atoms with Crippen LogP contribution in [-0.2, 0) is 15.5 Å². The zero-order valence-corrected chi connectivity index (χ0v) is 27.6. The van der Waals surface area contributed by atoms with Crippen LogP contribution in [0.2, 0.25) is 0 Å². The molecule has 1 heterocycles. The van der Waals surface area contributed by atoms with Gasteiger partial charge >= 0.3 is 24.4 Å². The molecule has 0 radical (unpaired) electrons. The number of nitrogens with one attached hydrogen (secondary N) is 1. The van der Waals surface area contributed by atoms with Crippen molar-refractivity contribution in [1.29, 1.82) is 0 Å². The van der Waals surface area contributed by atoms with Gasteiger partial charge in [0.15, 0.2) is 0 Å². The van der Waals surface area contributed by atoms with Crippen LogP contribution < -0.4 is 5.32 Å². The van der Waals surface area contributed by atoms with E-state index in [0.29, 0.717) is 42.9 Å². The van der Waals surface area contributed by atoms with Crippen molar-refractivity contribution in [3.8, 4) is 0 Å². The molecule has 4 saturated carbocycles. The van der Waals surface area contributed by atoms with Crippen molar-refractivity contribution >= 4 is 16.9 Å². The molecule has 6 nitrogen and oxygen atoms in total. The van der Waals surface area contributed by atoms with E-state index >= 15 is 0 Å². The molecule has 0 aromatic heterocycles. The van der Waals surface area contributed by atoms with Crippen molar-refractivity contribution in [2.24, 2.45) is 40.9 Å². The Morgan fingerprint density at radius 2 is 1.70 bits per heavy atom. The Balaban J connectivity index is 1.20. The van der Waals surface area contributed by atoms with E-state index in [1.165, 1.54) is 0 Å². The number of halogens is 8. The molecule has 0 bridgehead atoms. The smallest absolute Gasteiger partial charge is 0.446 e. The van der Waals surface area contributed by atoms with Gasteiger partial charge in [-0.1, -0.05) is 6.92 Å². The summed E-state index contributed by atoms with van der Waals surface area (Å²) in [7, 11) is -1.52. The minimum Gasteiger partial charge on any atom is -0.446 e. The van der Waals surface area contributed by atoms with Crippen LogP contribution in [0.15, 0.2) is 0 Å². The molecule has 1 aliphatic heterocycles. The second kappa shape index (κ2) is 14.2. The lowest BCUT2D eigenvalue weighted by Gasteiger charge is -2.58. The summed E-state index contributed by atoms with van der Waals surface area (Å²) < 4.78 is 122. The van der Waals surface area contributed by atoms with Gasteiger partial charge < -0.3 is 20.1 Å². The van der Waals surface area contributed by atoms with E-state index in [4.69, 9.17) is 4.74 Å². The number of amides is 1. The van der Waals surface area contributed by atoms with E-state index in [2.05, 4.69) is 12.2 Å². The first kappa shape index (κ1) is 37.0. The molecule has 5 unspecified atom stereocenters. The average molecular weight is 709 g/mol. The number of piperazine rings is 1. The Morgan fingerprint density at radius 3 is 2.40 bits per heavy atom. The second-order valence-electron chi connectivity index (χ2n) is 15.0. The minimum absolute atomic E-state index is 0.0268. The lowest BCUT2D eigenvalue weighted by Crippen LogP contribution is -2.58. The second-order valence-corrected chi connectivity index (χ2v) is 16.7. The lowest BCUT2D eigenvalue weighted by molar-refractivity contribution is -0.284. The SMILES string of the molecule is C[C@]12CC[C@@H]3C4CCC(OC(=O)N5CCNC(C(F)(F)F)C5)CC4C[C@@H](CCCS(=O)CCCC(F)(F)C(F)(F)F)[C@H]3[C@@H]1CC[C@@H]2O. The zero-order chi connectivity index (χ0) is 34.4. The number of rotatable bonds is 9. The number of carbonyl (C=O) groups is 1. The van der Waals surface area contributed by atoms with Gasteiger partial charge in [-0.25, -0.2) is 4.79 Å². The number of carbonyl (C=O) groups excluding carboxylic acids is 1. The molecular weight excluding hydrogens is 660 g/mol. The van der Waals surface area contributed by atoms with Crippen LogP contribution >= 0.6 is 0 Å². The van der Waals surface area contributed by atoms with Crippen LogP contribution in [0.1, 0.15) is 84.0 Å². The minimum atomic E-state index is -5.62. The molecule has 5 fully saturated rings. The Labute approximate surface area is 273 Å². The fourth-order valence-electron chi connectivity index (χ4n) is 9.97. The van der Waals surface area contributed by atoms with Crippen LogP contribution in [0.5, 0.6) is 0 Å². The topological polar surface area (TPSA) is 78.9 Å². The third-order valence-electron chi connectivity index (χ3n) is 12.3. The van der Waals surface area contributed by atoms with Gasteiger partial charge in [0.2, 0.25) is 0 Å². The summed E-state index contributed by atoms with van der Waals surface area (Å²) in [5, 5.41) is 13.3. The van der Waals surface area contributed by atoms with E-state index in [1.807, 2.05) is 0 Å². The van der Waals surface area contributed by atoms with Crippen molar-refractivity contribution in [1.82, 2.24) is 10.2 Å². The molecule has 1 amide bonds. The molecule has 11 atom stereocenters. The van der Waals surface area contributed by atoms with Crippen LogP contribution in [0.3, 0.4) is 0 Å². The summed E-state index contributed by atoms with van der Waals surface area (Å²) in [5.41, 5.74) is -0.177. The number of hydrogen-bond donors (Lipinski definition) is 2. The standard InChI is InChI=1S/C32H48F8N2O4S/c1-29-11-9-23-22-6-5-21(46-28(44)42-13-12-41-25(18-42)31(35,36)37)17-20(22)16-19(27(23)24(29)7-8-26(29)43)4-2-14-47(45)15-3-10-30(33,34)32(38,39)40/h19-27,41,43H,2-18H2,1H3/t19-,20?,21?,22?,23-,24+,25?,26+,27-,29+,47?/m1/s1. The van der Waals surface area contributed by atoms with E-state index < -0.39 is 66.7 Å². The fraction of sp³-hybridized carbons (Fsp3) is 0.969. The molecule has 0 spiro atoms. The molecule has 5 aliphatic rings. The molecule has 47 heavy (non-hydrogen) atoms. The molecule has 4 aliphatic carbocycles. The molecular formula is C32H48F8N2O4S. The Morgan fingerprint density at radius 1 is 0.979 bits per heavy atom. The normalized spacial score (nSPS) is 38.7. The maximum Gasteiger partial charge on any atom is 0.453 e. The lowest BCUT2D eigenvalue weighted by atomic mass is 9.47. The maximum absolute atomic E-state index is 13.3. The number of aliphatic hydroxyl groups is 1. The van der Waals surface area contributed by atoms with E-state index in [1.54, 1.807) is 0 Å². The third kappa shape index (κ3) is 8.07. The zero-order valence-electron chi connectivity index (χ0n) is 26.8. The number of ether oxygens (including phenoxy) is 1. The fourth-order valence-corrected chi connectivity index (χ4v) is 11.1. The van der Waals surface area contributed by atoms with Gasteiger partial charge in [0.05, 0.1) is 6.10 Å². The van der Waals surface area contributed by atoms with Gasteiger partial charge in [0, 0.05) is 48.4 Å². The predicted octanol–water partition coefficient (Wildman–Crippen LogP) is 7.07. The summed E-state index contributed by atoms with van der Waals surface area (Å²) >= 11 is 0. The van der Waals surface area contributed by atoms with E-state index in [-0.39, 0.29) is 47.9 Å². The summed E-state index contributed by atoms with van der Waals surface area (Å²) in [4.78, 5) is 14.0. The largest absolute Gasteiger partial charge is 0.453 e. The van der Waals surface area contributed by atoms with Crippen LogP contribution in [0.4, 0.5) is 39.9 Å². The van der Waals surface area contributed by atoms with Crippen molar-refractivity contribution in [2.75, 3.05) is 31.1 Å². The average Bonchev–Trinajstić information content (AvgIpc) is 3.29. The van der Waals surface area contributed by atoms with Gasteiger partial charge in [0.1, 0.15) is 12.1 Å². The molecule has 1 saturated heterocycles. The van der Waals surface area contributed by atoms with Gasteiger partial charge in [-0.15, -0.1) is 0 Å². The predicted molar refractivity (Wildman–Crippen MR) is 159 cm³/mol. The van der Waals surface area contributed by atoms with E-state index in [9.17, 15) is 49.2 Å². The summed E-state index contributed by atoms with van der Waals surface area (Å²) in [6.07, 6.45) is -5.66. The highest BCUT2D eigenvalue weighted by atomic mass is 32.2. The van der Waals surface area contributed by atoms with Gasteiger partial charge in [-0.2, -0.15) is 35.1 Å². The van der Waals surface area contributed by atoms with Crippen LogP contribution in [-0.4, -0.2) is 88.0 Å². The van der Waals surface area contributed by atoms with Crippen molar-refractivity contribution in [2.45, 2.75) is 120 Å². The highest BCUT2D eigenvalue weighted by Gasteiger charge is 2.59. The maximum atomic E-state index is 13.3.